The third kappa shape index (κ3) is 3.20. The van der Waals surface area contributed by atoms with E-state index in [-0.39, 0.29) is 0 Å². The fourth-order valence-electron chi connectivity index (χ4n) is 2.60. The van der Waals surface area contributed by atoms with Crippen LogP contribution in [0.25, 0.3) is 0 Å². The number of rotatable bonds is 6. The zero-order valence-electron chi connectivity index (χ0n) is 12.8. The molecule has 1 unspecified atom stereocenters. The summed E-state index contributed by atoms with van der Waals surface area (Å²) in [5.74, 6) is 2.50. The fourth-order valence-corrected chi connectivity index (χ4v) is 2.60. The van der Waals surface area contributed by atoms with Crippen LogP contribution in [0.2, 0.25) is 0 Å². The van der Waals surface area contributed by atoms with Gasteiger partial charge in [0.25, 0.3) is 0 Å². The van der Waals surface area contributed by atoms with Crippen molar-refractivity contribution in [1.29, 1.82) is 0 Å². The van der Waals surface area contributed by atoms with Crippen molar-refractivity contribution in [3.63, 3.8) is 0 Å². The van der Waals surface area contributed by atoms with Crippen LogP contribution in [0.1, 0.15) is 42.7 Å². The SMILES string of the molecule is COc1ccc(CC(C)Nc2c(C)noc2C2CC2)cc1. The Balaban J connectivity index is 1.65. The van der Waals surface area contributed by atoms with Crippen LogP contribution in [-0.4, -0.2) is 18.3 Å². The van der Waals surface area contributed by atoms with Crippen molar-refractivity contribution in [1.82, 2.24) is 5.16 Å². The number of anilines is 1. The summed E-state index contributed by atoms with van der Waals surface area (Å²) in [4.78, 5) is 0. The summed E-state index contributed by atoms with van der Waals surface area (Å²) in [6.07, 6.45) is 3.39. The van der Waals surface area contributed by atoms with Crippen LogP contribution in [0, 0.1) is 6.92 Å². The number of nitrogens with zero attached hydrogens (tertiary/aromatic N) is 1. The van der Waals surface area contributed by atoms with Crippen molar-refractivity contribution in [2.75, 3.05) is 12.4 Å². The van der Waals surface area contributed by atoms with Crippen molar-refractivity contribution in [2.45, 2.75) is 45.1 Å². The third-order valence-corrected chi connectivity index (χ3v) is 3.93. The molecule has 0 spiro atoms. The smallest absolute Gasteiger partial charge is 0.163 e. The maximum atomic E-state index is 5.47. The molecule has 1 aliphatic rings. The Bertz CT molecular complexity index is 600. The highest BCUT2D eigenvalue weighted by atomic mass is 16.5. The molecule has 3 rings (SSSR count). The van der Waals surface area contributed by atoms with E-state index in [1.54, 1.807) is 7.11 Å². The molecule has 0 radical (unpaired) electrons. The quantitative estimate of drug-likeness (QED) is 0.874. The Labute approximate surface area is 125 Å². The highest BCUT2D eigenvalue weighted by Gasteiger charge is 2.31. The summed E-state index contributed by atoms with van der Waals surface area (Å²) in [6.45, 7) is 4.19. The van der Waals surface area contributed by atoms with Crippen LogP contribution in [0.4, 0.5) is 5.69 Å². The zero-order chi connectivity index (χ0) is 14.8. The standard InChI is InChI=1S/C17H22N2O2/c1-11(10-13-4-8-15(20-3)9-5-13)18-16-12(2)19-21-17(16)14-6-7-14/h4-5,8-9,11,14,18H,6-7,10H2,1-3H3. The highest BCUT2D eigenvalue weighted by molar-refractivity contribution is 5.53. The number of methoxy groups -OCH3 is 1. The Morgan fingerprint density at radius 2 is 2.05 bits per heavy atom. The van der Waals surface area contributed by atoms with Crippen LogP contribution >= 0.6 is 0 Å². The fraction of sp³-hybridized carbons (Fsp3) is 0.471. The molecule has 1 aromatic heterocycles. The summed E-state index contributed by atoms with van der Waals surface area (Å²) >= 11 is 0. The largest absolute Gasteiger partial charge is 0.497 e. The van der Waals surface area contributed by atoms with E-state index in [1.807, 2.05) is 19.1 Å². The van der Waals surface area contributed by atoms with Gasteiger partial charge in [-0.25, -0.2) is 0 Å². The maximum Gasteiger partial charge on any atom is 0.163 e. The second-order valence-electron chi connectivity index (χ2n) is 5.88. The van der Waals surface area contributed by atoms with E-state index in [4.69, 9.17) is 9.26 Å². The topological polar surface area (TPSA) is 47.3 Å². The average molecular weight is 286 g/mol. The maximum absolute atomic E-state index is 5.47. The van der Waals surface area contributed by atoms with E-state index in [1.165, 1.54) is 18.4 Å². The van der Waals surface area contributed by atoms with Crippen LogP contribution in [0.3, 0.4) is 0 Å². The van der Waals surface area contributed by atoms with Gasteiger partial charge in [0, 0.05) is 12.0 Å². The first kappa shape index (κ1) is 14.0. The number of benzene rings is 1. The third-order valence-electron chi connectivity index (χ3n) is 3.93. The van der Waals surface area contributed by atoms with Crippen molar-refractivity contribution < 1.29 is 9.26 Å². The number of hydrogen-bond donors (Lipinski definition) is 1. The van der Waals surface area contributed by atoms with E-state index in [9.17, 15) is 0 Å². The summed E-state index contributed by atoms with van der Waals surface area (Å²) in [5, 5.41) is 7.68. The molecule has 1 saturated carbocycles. The molecule has 4 nitrogen and oxygen atoms in total. The van der Waals surface area contributed by atoms with Gasteiger partial charge in [-0.1, -0.05) is 17.3 Å². The molecular formula is C17H22N2O2. The van der Waals surface area contributed by atoms with Gasteiger partial charge in [-0.05, 0) is 50.8 Å². The van der Waals surface area contributed by atoms with Crippen molar-refractivity contribution in [2.24, 2.45) is 0 Å². The minimum atomic E-state index is 0.328. The molecule has 4 heteroatoms. The molecule has 1 fully saturated rings. The first-order chi connectivity index (χ1) is 10.2. The second kappa shape index (κ2) is 5.80. The molecule has 21 heavy (non-hydrogen) atoms. The molecular weight excluding hydrogens is 264 g/mol. The van der Waals surface area contributed by atoms with E-state index in [0.29, 0.717) is 12.0 Å². The average Bonchev–Trinajstić information content (AvgIpc) is 3.26. The van der Waals surface area contributed by atoms with Crippen molar-refractivity contribution in [3.05, 3.63) is 41.3 Å². The van der Waals surface area contributed by atoms with Crippen molar-refractivity contribution >= 4 is 5.69 Å². The van der Waals surface area contributed by atoms with Gasteiger partial charge in [0.15, 0.2) is 5.76 Å². The van der Waals surface area contributed by atoms with Gasteiger partial charge >= 0.3 is 0 Å². The van der Waals surface area contributed by atoms with Gasteiger partial charge in [0.05, 0.1) is 7.11 Å². The molecule has 0 saturated heterocycles. The summed E-state index contributed by atoms with van der Waals surface area (Å²) in [7, 11) is 1.69. The predicted molar refractivity (Wildman–Crippen MR) is 83.0 cm³/mol. The van der Waals surface area contributed by atoms with Crippen LogP contribution < -0.4 is 10.1 Å². The molecule has 0 aliphatic heterocycles. The zero-order valence-corrected chi connectivity index (χ0v) is 12.8. The number of aromatic nitrogens is 1. The number of aryl methyl sites for hydroxylation is 1. The molecule has 1 aliphatic carbocycles. The number of nitrogens with one attached hydrogen (secondary N) is 1. The van der Waals surface area contributed by atoms with Gasteiger partial charge in [-0.3, -0.25) is 0 Å². The van der Waals surface area contributed by atoms with Crippen LogP contribution in [0.5, 0.6) is 5.75 Å². The lowest BCUT2D eigenvalue weighted by atomic mass is 10.1. The minimum absolute atomic E-state index is 0.328. The van der Waals surface area contributed by atoms with Gasteiger partial charge in [0.1, 0.15) is 17.1 Å². The Kier molecular flexibility index (Phi) is 3.86. The number of ether oxygens (including phenoxy) is 1. The van der Waals surface area contributed by atoms with Crippen LogP contribution in [-0.2, 0) is 6.42 Å². The van der Waals surface area contributed by atoms with Gasteiger partial charge < -0.3 is 14.6 Å². The lowest BCUT2D eigenvalue weighted by molar-refractivity contribution is 0.381. The van der Waals surface area contributed by atoms with Gasteiger partial charge in [0.2, 0.25) is 0 Å². The first-order valence-corrected chi connectivity index (χ1v) is 7.53. The number of hydrogen-bond acceptors (Lipinski definition) is 4. The van der Waals surface area contributed by atoms with Gasteiger partial charge in [-0.15, -0.1) is 0 Å². The molecule has 1 aromatic carbocycles. The molecule has 2 aromatic rings. The normalized spacial score (nSPS) is 15.8. The summed E-state index contributed by atoms with van der Waals surface area (Å²) < 4.78 is 10.7. The molecule has 112 valence electrons. The molecule has 1 heterocycles. The van der Waals surface area contributed by atoms with E-state index >= 15 is 0 Å². The van der Waals surface area contributed by atoms with Gasteiger partial charge in [-0.2, -0.15) is 0 Å². The lowest BCUT2D eigenvalue weighted by Crippen LogP contribution is -2.19. The Morgan fingerprint density at radius 3 is 2.67 bits per heavy atom. The van der Waals surface area contributed by atoms with E-state index in [2.05, 4.69) is 29.5 Å². The minimum Gasteiger partial charge on any atom is -0.497 e. The van der Waals surface area contributed by atoms with E-state index in [0.717, 1.165) is 29.3 Å². The monoisotopic (exact) mass is 286 g/mol. The molecule has 1 atom stereocenters. The van der Waals surface area contributed by atoms with E-state index < -0.39 is 0 Å². The highest BCUT2D eigenvalue weighted by Crippen LogP contribution is 2.44. The van der Waals surface area contributed by atoms with Crippen LogP contribution in [0.15, 0.2) is 28.8 Å². The summed E-state index contributed by atoms with van der Waals surface area (Å²) in [5.41, 5.74) is 3.34. The second-order valence-corrected chi connectivity index (χ2v) is 5.88. The molecule has 0 amide bonds. The molecule has 1 N–H and O–H groups in total. The molecule has 0 bridgehead atoms. The predicted octanol–water partition coefficient (Wildman–Crippen LogP) is 3.91. The Morgan fingerprint density at radius 1 is 1.33 bits per heavy atom. The van der Waals surface area contributed by atoms with Crippen molar-refractivity contribution in [3.8, 4) is 5.75 Å². The first-order valence-electron chi connectivity index (χ1n) is 7.53. The lowest BCUT2D eigenvalue weighted by Gasteiger charge is -2.15. The summed E-state index contributed by atoms with van der Waals surface area (Å²) in [6, 6.07) is 8.55. The Hall–Kier alpha value is -1.97.